The Morgan fingerprint density at radius 2 is 0.986 bits per heavy atom. The van der Waals surface area contributed by atoms with Crippen molar-refractivity contribution in [3.05, 3.63) is 76.9 Å². The second kappa shape index (κ2) is 24.6. The third-order valence-corrected chi connectivity index (χ3v) is 30.0. The summed E-state index contributed by atoms with van der Waals surface area (Å²) in [7, 11) is -7.20. The molecule has 69 heavy (non-hydrogen) atoms. The van der Waals surface area contributed by atoms with Gasteiger partial charge in [0.1, 0.15) is 23.0 Å². The van der Waals surface area contributed by atoms with Crippen molar-refractivity contribution in [2.24, 2.45) is 0 Å². The number of anilines is 1. The number of nitrogens with one attached hydrogen (secondary N) is 2. The number of hydrogen-bond donors (Lipinski definition) is 2. The lowest BCUT2D eigenvalue weighted by Crippen LogP contribution is -2.50. The number of hydrogen-bond acceptors (Lipinski definition) is 9. The predicted octanol–water partition coefficient (Wildman–Crippen LogP) is 15.7. The lowest BCUT2D eigenvalue weighted by Gasteiger charge is -2.43. The molecule has 2 N–H and O–H groups in total. The number of rotatable bonds is 28. The minimum atomic E-state index is -2.56. The number of esters is 1. The average molecular weight is 1010 g/mol. The van der Waals surface area contributed by atoms with E-state index < -0.39 is 37.0 Å². The maximum atomic E-state index is 14.2. The van der Waals surface area contributed by atoms with Crippen LogP contribution < -0.4 is 24.2 Å². The van der Waals surface area contributed by atoms with Gasteiger partial charge in [0.15, 0.2) is 5.60 Å². The molecule has 0 bridgehead atoms. The second-order valence-electron chi connectivity index (χ2n) is 21.0. The Balaban J connectivity index is 1.31. The first-order chi connectivity index (χ1) is 32.8. The Hall–Kier alpha value is -3.67. The van der Waals surface area contributed by atoms with Crippen LogP contribution in [0.5, 0.6) is 23.0 Å². The van der Waals surface area contributed by atoms with Crippen LogP contribution in [0.4, 0.5) is 10.5 Å². The molecule has 11 nitrogen and oxygen atoms in total. The fourth-order valence-electron chi connectivity index (χ4n) is 11.9. The molecule has 1 spiro atoms. The maximum absolute atomic E-state index is 14.2. The normalized spacial score (nSPS) is 14.4. The first kappa shape index (κ1) is 56.2. The van der Waals surface area contributed by atoms with Crippen LogP contribution in [0.25, 0.3) is 0 Å². The summed E-state index contributed by atoms with van der Waals surface area (Å²) in [4.78, 5) is 27.4. The standard InChI is InChI=1S/C55H88N2O9Si3/c1-16-60-67(61-17-2,62-18-3)34-26-24-22-20-19-21-23-25-33-56-54(59)57-44-27-30-48-47(35-44)53(58)64-55(48)49-31-28-45(65-68(38(4)5,39(6)7)40(8)9)36-51(49)63-52-37-46(29-32-50(52)55)66-69(41(10)11,42(12)13)43(14)15/h27-32,35-43H,16-26,33-34H2,1-15H3,(H2,56,57,59). The molecule has 0 fully saturated rings. The number of carbonyl (C=O) groups is 2. The molecular weight excluding hydrogens is 917 g/mol. The van der Waals surface area contributed by atoms with E-state index >= 15 is 0 Å². The second-order valence-corrected chi connectivity index (χ2v) is 34.5. The highest BCUT2D eigenvalue weighted by molar-refractivity contribution is 6.78. The minimum Gasteiger partial charge on any atom is -0.543 e. The van der Waals surface area contributed by atoms with Gasteiger partial charge in [-0.1, -0.05) is 128 Å². The topological polar surface area (TPSA) is 123 Å². The van der Waals surface area contributed by atoms with E-state index in [1.54, 1.807) is 6.07 Å². The van der Waals surface area contributed by atoms with E-state index in [1.165, 1.54) is 19.3 Å². The van der Waals surface area contributed by atoms with Gasteiger partial charge >= 0.3 is 20.8 Å². The van der Waals surface area contributed by atoms with Crippen LogP contribution in [-0.2, 0) is 23.6 Å². The molecule has 0 unspecified atom stereocenters. The largest absolute Gasteiger partial charge is 0.543 e. The first-order valence-electron chi connectivity index (χ1n) is 26.5. The highest BCUT2D eigenvalue weighted by Gasteiger charge is 2.55. The van der Waals surface area contributed by atoms with E-state index in [0.717, 1.165) is 49.6 Å². The average Bonchev–Trinajstić information content (AvgIpc) is 3.56. The van der Waals surface area contributed by atoms with Gasteiger partial charge in [-0.2, -0.15) is 0 Å². The molecule has 3 aromatic rings. The highest BCUT2D eigenvalue weighted by atomic mass is 28.4. The van der Waals surface area contributed by atoms with Crippen LogP contribution in [0.15, 0.2) is 54.6 Å². The third-order valence-electron chi connectivity index (χ3n) is 14.8. The van der Waals surface area contributed by atoms with Crippen molar-refractivity contribution in [3.8, 4) is 23.0 Å². The van der Waals surface area contributed by atoms with E-state index in [0.29, 0.717) is 99.1 Å². The third kappa shape index (κ3) is 12.2. The Morgan fingerprint density at radius 3 is 1.42 bits per heavy atom. The summed E-state index contributed by atoms with van der Waals surface area (Å²) in [5, 5.41) is 5.98. The predicted molar refractivity (Wildman–Crippen MR) is 287 cm³/mol. The van der Waals surface area contributed by atoms with Crippen molar-refractivity contribution in [1.29, 1.82) is 0 Å². The Bertz CT molecular complexity index is 2020. The van der Waals surface area contributed by atoms with Gasteiger partial charge in [0.2, 0.25) is 0 Å². The summed E-state index contributed by atoms with van der Waals surface area (Å²) in [5.74, 6) is 2.16. The van der Waals surface area contributed by atoms with Crippen molar-refractivity contribution >= 4 is 43.1 Å². The molecule has 2 aliphatic heterocycles. The fraction of sp³-hybridized carbons (Fsp3) is 0.636. The number of amides is 2. The molecule has 0 saturated heterocycles. The summed E-state index contributed by atoms with van der Waals surface area (Å²) in [6, 6.07) is 18.0. The number of ether oxygens (including phenoxy) is 2. The molecule has 384 valence electrons. The summed E-state index contributed by atoms with van der Waals surface area (Å²) in [5.41, 5.74) is 3.97. The van der Waals surface area contributed by atoms with E-state index in [1.807, 2.05) is 69.3 Å². The lowest BCUT2D eigenvalue weighted by molar-refractivity contribution is 0.0224. The molecule has 0 atom stereocenters. The Labute approximate surface area is 419 Å². The van der Waals surface area contributed by atoms with Crippen molar-refractivity contribution < 1.29 is 41.2 Å². The Kier molecular flexibility index (Phi) is 20.1. The van der Waals surface area contributed by atoms with Crippen molar-refractivity contribution in [2.75, 3.05) is 31.7 Å². The van der Waals surface area contributed by atoms with E-state index in [2.05, 4.69) is 93.7 Å². The molecule has 0 saturated carbocycles. The van der Waals surface area contributed by atoms with Gasteiger partial charge < -0.3 is 42.2 Å². The van der Waals surface area contributed by atoms with Crippen LogP contribution >= 0.6 is 0 Å². The summed E-state index contributed by atoms with van der Waals surface area (Å²) in [6.07, 6.45) is 8.79. The van der Waals surface area contributed by atoms with Crippen LogP contribution in [0, 0.1) is 0 Å². The number of urea groups is 1. The van der Waals surface area contributed by atoms with Crippen molar-refractivity contribution in [1.82, 2.24) is 5.32 Å². The molecule has 0 aromatic heterocycles. The number of benzene rings is 3. The van der Waals surface area contributed by atoms with E-state index in [9.17, 15) is 9.59 Å². The van der Waals surface area contributed by atoms with Crippen LogP contribution in [0.3, 0.4) is 0 Å². The van der Waals surface area contributed by atoms with Crippen LogP contribution in [0.1, 0.15) is 182 Å². The van der Waals surface area contributed by atoms with Gasteiger partial charge in [-0.25, -0.2) is 9.59 Å². The zero-order valence-electron chi connectivity index (χ0n) is 45.0. The van der Waals surface area contributed by atoms with Gasteiger partial charge in [-0.15, -0.1) is 0 Å². The molecule has 0 aliphatic carbocycles. The van der Waals surface area contributed by atoms with Gasteiger partial charge in [0.25, 0.3) is 16.6 Å². The van der Waals surface area contributed by atoms with Gasteiger partial charge in [0, 0.05) is 66.9 Å². The smallest absolute Gasteiger partial charge is 0.500 e. The summed E-state index contributed by atoms with van der Waals surface area (Å²) >= 11 is 0. The maximum Gasteiger partial charge on any atom is 0.500 e. The van der Waals surface area contributed by atoms with Gasteiger partial charge in [-0.3, -0.25) is 0 Å². The SMILES string of the molecule is CCO[Si](CCCCCCCCCCNC(=O)Nc1ccc2c(c1)C(=O)OC21c2ccc(O[Si](C(C)C)(C(C)C)C(C)C)cc2Oc2cc(O[Si](C(C)C)(C(C)C)C(C)C)ccc21)(OCC)OCC. The molecule has 2 heterocycles. The number of carbonyl (C=O) groups excluding carboxylic acids is 2. The molecule has 3 aromatic carbocycles. The Morgan fingerprint density at radius 1 is 0.565 bits per heavy atom. The van der Waals surface area contributed by atoms with Crippen LogP contribution in [0.2, 0.25) is 39.3 Å². The first-order valence-corrected chi connectivity index (χ1v) is 32.7. The lowest BCUT2D eigenvalue weighted by atomic mass is 9.77. The molecule has 2 amide bonds. The fourth-order valence-corrected chi connectivity index (χ4v) is 25.1. The van der Waals surface area contributed by atoms with Gasteiger partial charge in [-0.05, 0) is 103 Å². The molecule has 2 aliphatic rings. The molecule has 14 heteroatoms. The van der Waals surface area contributed by atoms with Crippen LogP contribution in [-0.4, -0.2) is 63.8 Å². The zero-order valence-corrected chi connectivity index (χ0v) is 48.0. The van der Waals surface area contributed by atoms with Gasteiger partial charge in [0.05, 0.1) is 5.56 Å². The molecule has 0 radical (unpaired) electrons. The minimum absolute atomic E-state index is 0.309. The molecular formula is C55H88N2O9Si3. The quantitative estimate of drug-likeness (QED) is 0.0416. The number of fused-ring (bicyclic) bond motifs is 6. The van der Waals surface area contributed by atoms with E-state index in [4.69, 9.17) is 31.6 Å². The number of unbranched alkanes of at least 4 members (excludes halogenated alkanes) is 7. The summed E-state index contributed by atoms with van der Waals surface area (Å²) in [6.45, 7) is 35.7. The molecule has 5 rings (SSSR count). The monoisotopic (exact) mass is 1000 g/mol. The van der Waals surface area contributed by atoms with Crippen molar-refractivity contribution in [2.45, 2.75) is 200 Å². The zero-order chi connectivity index (χ0) is 50.7. The van der Waals surface area contributed by atoms with Crippen molar-refractivity contribution in [3.63, 3.8) is 0 Å². The van der Waals surface area contributed by atoms with E-state index in [-0.39, 0.29) is 6.03 Å². The summed E-state index contributed by atoms with van der Waals surface area (Å²) < 4.78 is 45.9. The highest BCUT2D eigenvalue weighted by Crippen LogP contribution is 2.58.